The van der Waals surface area contributed by atoms with Crippen molar-refractivity contribution in [1.29, 1.82) is 0 Å². The summed E-state index contributed by atoms with van der Waals surface area (Å²) in [5, 5.41) is 10.5. The van der Waals surface area contributed by atoms with Crippen molar-refractivity contribution in [3.05, 3.63) is 78.1 Å². The van der Waals surface area contributed by atoms with Crippen LogP contribution in [0.2, 0.25) is 0 Å². The summed E-state index contributed by atoms with van der Waals surface area (Å²) in [5.41, 5.74) is 11.5. The van der Waals surface area contributed by atoms with Gasteiger partial charge in [-0.1, -0.05) is 52.8 Å². The number of anilines is 3. The number of nitrogens with zero attached hydrogens (tertiary/aromatic N) is 6. The van der Waals surface area contributed by atoms with E-state index in [4.69, 9.17) is 10.7 Å². The number of rotatable bonds is 6. The number of aromatic nitrogens is 6. The topological polar surface area (TPSA) is 128 Å². The molecule has 1 aromatic carbocycles. The summed E-state index contributed by atoms with van der Waals surface area (Å²) in [4.78, 5) is 24.7. The number of para-hydroxylation sites is 1. The van der Waals surface area contributed by atoms with E-state index in [1.54, 1.807) is 6.20 Å². The van der Waals surface area contributed by atoms with Crippen molar-refractivity contribution in [2.75, 3.05) is 10.6 Å². The Morgan fingerprint density at radius 3 is 2.46 bits per heavy atom. The van der Waals surface area contributed by atoms with Crippen molar-refractivity contribution in [3.8, 4) is 0 Å². The monoisotopic (exact) mass is 497 g/mol. The van der Waals surface area contributed by atoms with E-state index in [-0.39, 0.29) is 16.8 Å². The third-order valence-corrected chi connectivity index (χ3v) is 6.40. The number of carbonyl (C=O) groups excluding carboxylic acids is 1. The number of benzene rings is 1. The molecule has 0 aliphatic rings. The first-order chi connectivity index (χ1) is 17.5. The van der Waals surface area contributed by atoms with Crippen molar-refractivity contribution >= 4 is 34.6 Å². The van der Waals surface area contributed by atoms with Gasteiger partial charge < -0.3 is 15.5 Å². The SMILES string of the molecule is CC(C)(C)c1cnc2c(Nc3ccccc3)cc(CC(C)(C)c3cnn4c(NC(N)=O)ncnc34)cn12. The smallest absolute Gasteiger partial charge is 0.319 e. The fourth-order valence-electron chi connectivity index (χ4n) is 4.66. The van der Waals surface area contributed by atoms with Gasteiger partial charge in [0.25, 0.3) is 0 Å². The minimum atomic E-state index is -0.710. The quantitative estimate of drug-likeness (QED) is 0.308. The molecule has 0 saturated heterocycles. The van der Waals surface area contributed by atoms with E-state index >= 15 is 0 Å². The van der Waals surface area contributed by atoms with Gasteiger partial charge in [-0.15, -0.1) is 0 Å². The van der Waals surface area contributed by atoms with E-state index in [1.807, 2.05) is 36.5 Å². The van der Waals surface area contributed by atoms with Crippen molar-refractivity contribution in [1.82, 2.24) is 29.0 Å². The van der Waals surface area contributed by atoms with Crippen LogP contribution in [0, 0.1) is 0 Å². The van der Waals surface area contributed by atoms with E-state index in [9.17, 15) is 4.79 Å². The Bertz CT molecular complexity index is 1590. The molecule has 37 heavy (non-hydrogen) atoms. The third-order valence-electron chi connectivity index (χ3n) is 6.40. The van der Waals surface area contributed by atoms with Crippen LogP contribution in [0.25, 0.3) is 11.3 Å². The normalized spacial score (nSPS) is 12.2. The highest BCUT2D eigenvalue weighted by Crippen LogP contribution is 2.34. The van der Waals surface area contributed by atoms with Gasteiger partial charge >= 0.3 is 6.03 Å². The van der Waals surface area contributed by atoms with Crippen LogP contribution in [-0.4, -0.2) is 35.0 Å². The first-order valence-electron chi connectivity index (χ1n) is 12.1. The summed E-state index contributed by atoms with van der Waals surface area (Å²) in [7, 11) is 0. The number of urea groups is 1. The average Bonchev–Trinajstić information content (AvgIpc) is 3.45. The maximum Gasteiger partial charge on any atom is 0.319 e. The average molecular weight is 498 g/mol. The number of primary amides is 1. The summed E-state index contributed by atoms with van der Waals surface area (Å²) >= 11 is 0. The van der Waals surface area contributed by atoms with E-state index in [2.05, 4.69) is 77.0 Å². The van der Waals surface area contributed by atoms with Crippen LogP contribution in [0.5, 0.6) is 0 Å². The number of amides is 2. The zero-order valence-corrected chi connectivity index (χ0v) is 21.6. The van der Waals surface area contributed by atoms with Crippen molar-refractivity contribution in [2.24, 2.45) is 5.73 Å². The zero-order chi connectivity index (χ0) is 26.4. The first kappa shape index (κ1) is 24.2. The van der Waals surface area contributed by atoms with Crippen LogP contribution in [0.4, 0.5) is 22.1 Å². The summed E-state index contributed by atoms with van der Waals surface area (Å²) in [6.45, 7) is 10.9. The van der Waals surface area contributed by atoms with Gasteiger partial charge in [0, 0.05) is 34.8 Å². The number of carbonyl (C=O) groups is 1. The molecule has 0 saturated carbocycles. The molecule has 4 N–H and O–H groups in total. The molecule has 2 amide bonds. The molecule has 0 atom stereocenters. The molecule has 0 fully saturated rings. The maximum atomic E-state index is 11.4. The molecule has 4 heterocycles. The zero-order valence-electron chi connectivity index (χ0n) is 21.6. The van der Waals surface area contributed by atoms with Gasteiger partial charge in [0.15, 0.2) is 11.3 Å². The van der Waals surface area contributed by atoms with Crippen LogP contribution in [0.1, 0.15) is 51.4 Å². The van der Waals surface area contributed by atoms with Crippen LogP contribution >= 0.6 is 0 Å². The molecule has 0 aliphatic heterocycles. The number of nitrogens with one attached hydrogen (secondary N) is 2. The molecule has 0 aliphatic carbocycles. The van der Waals surface area contributed by atoms with Gasteiger partial charge in [-0.2, -0.15) is 9.61 Å². The molecule has 5 aromatic rings. The van der Waals surface area contributed by atoms with E-state index in [0.29, 0.717) is 12.1 Å². The minimum Gasteiger partial charge on any atom is -0.352 e. The Kier molecular flexibility index (Phi) is 5.82. The Balaban J connectivity index is 1.58. The van der Waals surface area contributed by atoms with Gasteiger partial charge in [-0.25, -0.2) is 19.7 Å². The number of hydrogen-bond acceptors (Lipinski definition) is 6. The first-order valence-corrected chi connectivity index (χ1v) is 12.1. The predicted molar refractivity (Wildman–Crippen MR) is 144 cm³/mol. The van der Waals surface area contributed by atoms with Crippen LogP contribution in [0.3, 0.4) is 0 Å². The molecule has 5 rings (SSSR count). The van der Waals surface area contributed by atoms with E-state index < -0.39 is 6.03 Å². The number of fused-ring (bicyclic) bond motifs is 2. The van der Waals surface area contributed by atoms with Gasteiger partial charge in [-0.3, -0.25) is 5.32 Å². The number of hydrogen-bond donors (Lipinski definition) is 3. The molecule has 4 aromatic heterocycles. The lowest BCUT2D eigenvalue weighted by atomic mass is 9.80. The molecule has 190 valence electrons. The van der Waals surface area contributed by atoms with Crippen LogP contribution in [0.15, 0.2) is 61.3 Å². The Labute approximate surface area is 215 Å². The van der Waals surface area contributed by atoms with E-state index in [0.717, 1.165) is 33.8 Å². The summed E-state index contributed by atoms with van der Waals surface area (Å²) in [5.74, 6) is 0.226. The third kappa shape index (κ3) is 4.69. The minimum absolute atomic E-state index is 0.0826. The number of pyridine rings is 1. The predicted octanol–water partition coefficient (Wildman–Crippen LogP) is 4.82. The summed E-state index contributed by atoms with van der Waals surface area (Å²) < 4.78 is 3.69. The molecule has 0 bridgehead atoms. The maximum absolute atomic E-state index is 11.4. The number of imidazole rings is 1. The van der Waals surface area contributed by atoms with Crippen molar-refractivity contribution in [3.63, 3.8) is 0 Å². The second-order valence-electron chi connectivity index (χ2n) is 10.9. The highest BCUT2D eigenvalue weighted by molar-refractivity contribution is 5.86. The lowest BCUT2D eigenvalue weighted by molar-refractivity contribution is 0.259. The summed E-state index contributed by atoms with van der Waals surface area (Å²) in [6.07, 6.45) is 8.00. The van der Waals surface area contributed by atoms with Crippen LogP contribution < -0.4 is 16.4 Å². The molecule has 0 radical (unpaired) electrons. The molecule has 10 nitrogen and oxygen atoms in total. The van der Waals surface area contributed by atoms with Gasteiger partial charge in [0.05, 0.1) is 11.9 Å². The van der Waals surface area contributed by atoms with Crippen molar-refractivity contribution < 1.29 is 4.79 Å². The standard InChI is InChI=1S/C27H31N9O/c1-26(2,3)21-14-29-23-20(33-18-9-7-6-8-10-18)11-17(15-35(21)23)12-27(4,5)19-13-32-36-22(19)30-16-31-25(36)34-24(28)37/h6-11,13-16,33H,12H2,1-5H3,(H3,28,30,31,34,37). The van der Waals surface area contributed by atoms with Gasteiger partial charge in [-0.05, 0) is 35.6 Å². The largest absolute Gasteiger partial charge is 0.352 e. The van der Waals surface area contributed by atoms with Gasteiger partial charge in [0.1, 0.15) is 6.33 Å². The lowest BCUT2D eigenvalue weighted by Crippen LogP contribution is -2.23. The Morgan fingerprint density at radius 2 is 1.76 bits per heavy atom. The van der Waals surface area contributed by atoms with Crippen molar-refractivity contribution in [2.45, 2.75) is 51.9 Å². The Hall–Kier alpha value is -4.47. The summed E-state index contributed by atoms with van der Waals surface area (Å²) in [6, 6.07) is 11.5. The van der Waals surface area contributed by atoms with E-state index in [1.165, 1.54) is 10.8 Å². The molecular weight excluding hydrogens is 466 g/mol. The molecule has 0 unspecified atom stereocenters. The number of nitrogens with two attached hydrogens (primary N) is 1. The highest BCUT2D eigenvalue weighted by atomic mass is 16.2. The Morgan fingerprint density at radius 1 is 1.00 bits per heavy atom. The molecule has 0 spiro atoms. The van der Waals surface area contributed by atoms with Crippen LogP contribution in [-0.2, 0) is 17.3 Å². The molecular formula is C27H31N9O. The lowest BCUT2D eigenvalue weighted by Gasteiger charge is -2.25. The fourth-order valence-corrected chi connectivity index (χ4v) is 4.66. The fraction of sp³-hybridized carbons (Fsp3) is 0.296. The molecule has 10 heteroatoms. The highest BCUT2D eigenvalue weighted by Gasteiger charge is 2.28. The van der Waals surface area contributed by atoms with Gasteiger partial charge in [0.2, 0.25) is 5.95 Å². The second kappa shape index (κ2) is 8.88. The second-order valence-corrected chi connectivity index (χ2v) is 10.9.